The number of carbonyl (C=O) groups is 1. The lowest BCUT2D eigenvalue weighted by Crippen LogP contribution is -1.99. The lowest BCUT2D eigenvalue weighted by molar-refractivity contribution is 0.104. The van der Waals surface area contributed by atoms with Gasteiger partial charge in [-0.1, -0.05) is 38.1 Å². The maximum atomic E-state index is 12.6. The lowest BCUT2D eigenvalue weighted by atomic mass is 9.96. The van der Waals surface area contributed by atoms with Gasteiger partial charge in [-0.05, 0) is 41.7 Å². The van der Waals surface area contributed by atoms with Crippen LogP contribution in [0.4, 0.5) is 0 Å². The van der Waals surface area contributed by atoms with Crippen LogP contribution >= 0.6 is 23.1 Å². The SMILES string of the molecule is CCC(C)c1ccc(C(=O)c2cc3c(s2)CCSC3)cc1. The zero-order valence-electron chi connectivity index (χ0n) is 12.5. The highest BCUT2D eigenvalue weighted by molar-refractivity contribution is 7.98. The van der Waals surface area contributed by atoms with Gasteiger partial charge in [-0.3, -0.25) is 4.79 Å². The summed E-state index contributed by atoms with van der Waals surface area (Å²) in [5, 5.41) is 0. The Bertz CT molecular complexity index is 616. The van der Waals surface area contributed by atoms with Crippen molar-refractivity contribution in [3.05, 3.63) is 56.8 Å². The molecule has 1 aliphatic rings. The van der Waals surface area contributed by atoms with Crippen LogP contribution in [-0.4, -0.2) is 11.5 Å². The predicted molar refractivity (Wildman–Crippen MR) is 92.8 cm³/mol. The molecule has 0 N–H and O–H groups in total. The molecule has 3 rings (SSSR count). The first-order valence-electron chi connectivity index (χ1n) is 7.53. The number of thioether (sulfide) groups is 1. The molecule has 0 fully saturated rings. The van der Waals surface area contributed by atoms with Crippen molar-refractivity contribution < 1.29 is 4.79 Å². The fourth-order valence-electron chi connectivity index (χ4n) is 2.60. The molecule has 0 bridgehead atoms. The normalized spacial score (nSPS) is 15.5. The fourth-order valence-corrected chi connectivity index (χ4v) is 4.93. The summed E-state index contributed by atoms with van der Waals surface area (Å²) in [4.78, 5) is 14.9. The maximum Gasteiger partial charge on any atom is 0.202 e. The predicted octanol–water partition coefficient (Wildman–Crippen LogP) is 5.28. The van der Waals surface area contributed by atoms with Gasteiger partial charge in [0.25, 0.3) is 0 Å². The first-order chi connectivity index (χ1) is 10.2. The van der Waals surface area contributed by atoms with Gasteiger partial charge in [0.05, 0.1) is 4.88 Å². The quantitative estimate of drug-likeness (QED) is 0.714. The minimum atomic E-state index is 0.176. The van der Waals surface area contributed by atoms with Crippen LogP contribution in [0.3, 0.4) is 0 Å². The Hall–Kier alpha value is -1.06. The van der Waals surface area contributed by atoms with Crippen LogP contribution < -0.4 is 0 Å². The smallest absolute Gasteiger partial charge is 0.202 e. The third-order valence-corrected chi connectivity index (χ3v) is 6.45. The van der Waals surface area contributed by atoms with Crippen molar-refractivity contribution in [2.75, 3.05) is 5.75 Å². The van der Waals surface area contributed by atoms with Gasteiger partial charge in [-0.2, -0.15) is 11.8 Å². The van der Waals surface area contributed by atoms with E-state index in [0.717, 1.165) is 29.0 Å². The van der Waals surface area contributed by atoms with Crippen LogP contribution in [0, 0.1) is 0 Å². The van der Waals surface area contributed by atoms with E-state index in [1.54, 1.807) is 11.3 Å². The number of aryl methyl sites for hydroxylation is 1. The summed E-state index contributed by atoms with van der Waals surface area (Å²) >= 11 is 3.65. The number of thiophene rings is 1. The molecule has 1 aromatic carbocycles. The Morgan fingerprint density at radius 3 is 2.71 bits per heavy atom. The number of benzene rings is 1. The zero-order valence-corrected chi connectivity index (χ0v) is 14.2. The van der Waals surface area contributed by atoms with Gasteiger partial charge < -0.3 is 0 Å². The van der Waals surface area contributed by atoms with E-state index >= 15 is 0 Å². The number of hydrogen-bond donors (Lipinski definition) is 0. The van der Waals surface area contributed by atoms with Gasteiger partial charge in [0.1, 0.15) is 0 Å². The Labute approximate surface area is 134 Å². The molecule has 2 heterocycles. The molecule has 1 aliphatic heterocycles. The summed E-state index contributed by atoms with van der Waals surface area (Å²) < 4.78 is 0. The molecule has 3 heteroatoms. The molecule has 0 radical (unpaired) electrons. The lowest BCUT2D eigenvalue weighted by Gasteiger charge is -2.09. The zero-order chi connectivity index (χ0) is 14.8. The highest BCUT2D eigenvalue weighted by Crippen LogP contribution is 2.33. The van der Waals surface area contributed by atoms with E-state index in [9.17, 15) is 4.79 Å². The number of fused-ring (bicyclic) bond motifs is 1. The van der Waals surface area contributed by atoms with Crippen molar-refractivity contribution in [2.24, 2.45) is 0 Å². The van der Waals surface area contributed by atoms with Gasteiger partial charge >= 0.3 is 0 Å². The molecule has 0 spiro atoms. The Kier molecular flexibility index (Phi) is 4.51. The van der Waals surface area contributed by atoms with E-state index in [0.29, 0.717) is 5.92 Å². The van der Waals surface area contributed by atoms with Crippen molar-refractivity contribution in [3.8, 4) is 0 Å². The highest BCUT2D eigenvalue weighted by Gasteiger charge is 2.18. The second kappa shape index (κ2) is 6.37. The van der Waals surface area contributed by atoms with Gasteiger partial charge in [-0.25, -0.2) is 0 Å². The van der Waals surface area contributed by atoms with Crippen LogP contribution in [0.1, 0.15) is 57.4 Å². The van der Waals surface area contributed by atoms with Crippen LogP contribution in [0.2, 0.25) is 0 Å². The largest absolute Gasteiger partial charge is 0.288 e. The van der Waals surface area contributed by atoms with E-state index in [1.165, 1.54) is 21.8 Å². The van der Waals surface area contributed by atoms with Crippen LogP contribution in [0.15, 0.2) is 30.3 Å². The molecule has 2 aromatic rings. The molecule has 21 heavy (non-hydrogen) atoms. The van der Waals surface area contributed by atoms with Crippen molar-refractivity contribution >= 4 is 28.9 Å². The number of ketones is 1. The first-order valence-corrected chi connectivity index (χ1v) is 9.50. The van der Waals surface area contributed by atoms with Gasteiger partial charge in [0, 0.05) is 16.2 Å². The molecule has 1 aromatic heterocycles. The minimum absolute atomic E-state index is 0.176. The van der Waals surface area contributed by atoms with E-state index in [4.69, 9.17) is 0 Å². The number of carbonyl (C=O) groups excluding carboxylic acids is 1. The number of hydrogen-bond acceptors (Lipinski definition) is 3. The summed E-state index contributed by atoms with van der Waals surface area (Å²) in [5.41, 5.74) is 3.50. The van der Waals surface area contributed by atoms with Crippen LogP contribution in [0.25, 0.3) is 0 Å². The second-order valence-corrected chi connectivity index (χ2v) is 7.86. The molecule has 1 nitrogen and oxygen atoms in total. The summed E-state index contributed by atoms with van der Waals surface area (Å²) in [6, 6.07) is 10.3. The average molecular weight is 316 g/mol. The number of rotatable bonds is 4. The molecular weight excluding hydrogens is 296 g/mol. The molecule has 0 amide bonds. The highest BCUT2D eigenvalue weighted by atomic mass is 32.2. The summed E-state index contributed by atoms with van der Waals surface area (Å²) in [6.45, 7) is 4.42. The van der Waals surface area contributed by atoms with Gasteiger partial charge in [-0.15, -0.1) is 11.3 Å². The molecule has 0 aliphatic carbocycles. The van der Waals surface area contributed by atoms with Crippen molar-refractivity contribution in [1.29, 1.82) is 0 Å². The van der Waals surface area contributed by atoms with E-state index < -0.39 is 0 Å². The second-order valence-electron chi connectivity index (χ2n) is 5.62. The maximum absolute atomic E-state index is 12.6. The van der Waals surface area contributed by atoms with E-state index in [2.05, 4.69) is 32.0 Å². The van der Waals surface area contributed by atoms with Crippen LogP contribution in [0.5, 0.6) is 0 Å². The monoisotopic (exact) mass is 316 g/mol. The Morgan fingerprint density at radius 2 is 2.05 bits per heavy atom. The topological polar surface area (TPSA) is 17.1 Å². The van der Waals surface area contributed by atoms with Crippen molar-refractivity contribution in [3.63, 3.8) is 0 Å². The average Bonchev–Trinajstić information content (AvgIpc) is 2.97. The van der Waals surface area contributed by atoms with Crippen molar-refractivity contribution in [1.82, 2.24) is 0 Å². The minimum Gasteiger partial charge on any atom is -0.288 e. The van der Waals surface area contributed by atoms with Crippen molar-refractivity contribution in [2.45, 2.75) is 38.4 Å². The third-order valence-electron chi connectivity index (χ3n) is 4.21. The molecule has 1 unspecified atom stereocenters. The molecular formula is C18H20OS2. The summed E-state index contributed by atoms with van der Waals surface area (Å²) in [5.74, 6) is 2.98. The Balaban J connectivity index is 1.83. The van der Waals surface area contributed by atoms with E-state index in [-0.39, 0.29) is 5.78 Å². The molecule has 110 valence electrons. The van der Waals surface area contributed by atoms with Gasteiger partial charge in [0.2, 0.25) is 5.78 Å². The summed E-state index contributed by atoms with van der Waals surface area (Å²) in [7, 11) is 0. The third kappa shape index (κ3) is 3.09. The van der Waals surface area contributed by atoms with E-state index in [1.807, 2.05) is 23.9 Å². The molecule has 0 saturated heterocycles. The van der Waals surface area contributed by atoms with Gasteiger partial charge in [0.15, 0.2) is 0 Å². The summed E-state index contributed by atoms with van der Waals surface area (Å²) in [6.07, 6.45) is 2.24. The standard InChI is InChI=1S/C18H20OS2/c1-3-12(2)13-4-6-14(7-5-13)18(19)17-10-15-11-20-9-8-16(15)21-17/h4-7,10,12H,3,8-9,11H2,1-2H3. The first kappa shape index (κ1) is 14.9. The Morgan fingerprint density at radius 1 is 1.29 bits per heavy atom. The molecule has 1 atom stereocenters. The fraction of sp³-hybridized carbons (Fsp3) is 0.389. The van der Waals surface area contributed by atoms with Crippen LogP contribution in [-0.2, 0) is 12.2 Å². The molecule has 0 saturated carbocycles.